The fourth-order valence-corrected chi connectivity index (χ4v) is 3.32. The largest absolute Gasteiger partial charge is 0.303 e. The van der Waals surface area contributed by atoms with Crippen LogP contribution >= 0.6 is 0 Å². The van der Waals surface area contributed by atoms with Crippen LogP contribution in [0.4, 0.5) is 0 Å². The van der Waals surface area contributed by atoms with Gasteiger partial charge in [0.15, 0.2) is 0 Å². The first-order valence-corrected chi connectivity index (χ1v) is 5.29. The Labute approximate surface area is 81.8 Å². The Balaban J connectivity index is 2.30. The lowest BCUT2D eigenvalue weighted by Gasteiger charge is -2.60. The van der Waals surface area contributed by atoms with E-state index in [9.17, 15) is 0 Å². The number of hydrogen-bond acceptors (Lipinski definition) is 1. The standard InChI is InChI=1S/C12H21N/c1-8-6-11(13(4)5)10-7-9(8)12(10,2)3/h6,9-11H,7H2,1-5H3/t9-,10+,11-/m0/s1. The van der Waals surface area contributed by atoms with Crippen molar-refractivity contribution in [2.45, 2.75) is 33.2 Å². The molecule has 3 aliphatic rings. The molecule has 0 aromatic rings. The molecule has 1 saturated carbocycles. The van der Waals surface area contributed by atoms with Gasteiger partial charge in [-0.25, -0.2) is 0 Å². The third-order valence-electron chi connectivity index (χ3n) is 4.34. The van der Waals surface area contributed by atoms with Crippen molar-refractivity contribution in [3.8, 4) is 0 Å². The normalized spacial score (nSPS) is 41.4. The molecule has 3 atom stereocenters. The fourth-order valence-electron chi connectivity index (χ4n) is 3.32. The molecule has 0 heterocycles. The molecule has 3 aliphatic carbocycles. The summed E-state index contributed by atoms with van der Waals surface area (Å²) in [6.07, 6.45) is 3.89. The first-order chi connectivity index (χ1) is 5.94. The minimum absolute atomic E-state index is 0.549. The zero-order chi connectivity index (χ0) is 9.80. The number of likely N-dealkylation sites (N-methyl/N-ethyl adjacent to an activating group) is 1. The Bertz CT molecular complexity index is 250. The van der Waals surface area contributed by atoms with E-state index < -0.39 is 0 Å². The van der Waals surface area contributed by atoms with Crippen LogP contribution in [0.1, 0.15) is 27.2 Å². The minimum atomic E-state index is 0.549. The number of fused-ring (bicyclic) bond motifs is 1. The smallest absolute Gasteiger partial charge is 0.0308 e. The van der Waals surface area contributed by atoms with E-state index in [0.29, 0.717) is 11.5 Å². The van der Waals surface area contributed by atoms with Gasteiger partial charge < -0.3 is 4.90 Å². The van der Waals surface area contributed by atoms with E-state index >= 15 is 0 Å². The van der Waals surface area contributed by atoms with Crippen LogP contribution in [0.15, 0.2) is 11.6 Å². The Morgan fingerprint density at radius 2 is 2.00 bits per heavy atom. The molecule has 0 aliphatic heterocycles. The van der Waals surface area contributed by atoms with Gasteiger partial charge in [0.1, 0.15) is 0 Å². The van der Waals surface area contributed by atoms with Gasteiger partial charge in [-0.3, -0.25) is 0 Å². The number of hydrogen-bond donors (Lipinski definition) is 0. The summed E-state index contributed by atoms with van der Waals surface area (Å²) >= 11 is 0. The number of nitrogens with zero attached hydrogens (tertiary/aromatic N) is 1. The summed E-state index contributed by atoms with van der Waals surface area (Å²) < 4.78 is 0. The molecular formula is C12H21N. The van der Waals surface area contributed by atoms with Crippen LogP contribution in [0.2, 0.25) is 0 Å². The predicted molar refractivity (Wildman–Crippen MR) is 56.6 cm³/mol. The van der Waals surface area contributed by atoms with E-state index in [1.807, 2.05) is 0 Å². The van der Waals surface area contributed by atoms with Crippen molar-refractivity contribution in [1.29, 1.82) is 0 Å². The Hall–Kier alpha value is -0.300. The van der Waals surface area contributed by atoms with Crippen molar-refractivity contribution < 1.29 is 0 Å². The zero-order valence-corrected chi connectivity index (χ0v) is 9.46. The topological polar surface area (TPSA) is 3.24 Å². The molecule has 0 amide bonds. The van der Waals surface area contributed by atoms with Gasteiger partial charge in [-0.2, -0.15) is 0 Å². The summed E-state index contributed by atoms with van der Waals surface area (Å²) in [6, 6.07) is 0.681. The van der Waals surface area contributed by atoms with Crippen LogP contribution in [0.3, 0.4) is 0 Å². The molecule has 3 rings (SSSR count). The Morgan fingerprint density at radius 1 is 1.38 bits per heavy atom. The van der Waals surface area contributed by atoms with Crippen LogP contribution in [0.25, 0.3) is 0 Å². The van der Waals surface area contributed by atoms with Crippen molar-refractivity contribution in [2.75, 3.05) is 14.1 Å². The molecule has 1 fully saturated rings. The molecule has 0 aromatic heterocycles. The maximum absolute atomic E-state index is 2.48. The van der Waals surface area contributed by atoms with Gasteiger partial charge in [0, 0.05) is 6.04 Å². The zero-order valence-electron chi connectivity index (χ0n) is 9.46. The van der Waals surface area contributed by atoms with Gasteiger partial charge in [-0.1, -0.05) is 25.5 Å². The monoisotopic (exact) mass is 179 g/mol. The summed E-state index contributed by atoms with van der Waals surface area (Å²) in [7, 11) is 4.40. The minimum Gasteiger partial charge on any atom is -0.303 e. The maximum Gasteiger partial charge on any atom is 0.0308 e. The summed E-state index contributed by atoms with van der Waals surface area (Å²) in [6.45, 7) is 7.16. The SMILES string of the molecule is CC1=C[C@H](N(C)C)[C@H]2C[C@@H]1C2(C)C. The highest BCUT2D eigenvalue weighted by Crippen LogP contribution is 2.59. The molecule has 1 nitrogen and oxygen atoms in total. The molecule has 0 saturated heterocycles. The highest BCUT2D eigenvalue weighted by atomic mass is 15.1. The first-order valence-electron chi connectivity index (χ1n) is 5.29. The lowest BCUT2D eigenvalue weighted by molar-refractivity contribution is -0.0478. The molecule has 0 unspecified atom stereocenters. The summed E-state index contributed by atoms with van der Waals surface area (Å²) in [5.41, 5.74) is 2.17. The molecule has 13 heavy (non-hydrogen) atoms. The molecule has 1 heteroatoms. The van der Waals surface area contributed by atoms with Crippen LogP contribution in [-0.4, -0.2) is 25.0 Å². The second kappa shape index (κ2) is 2.60. The van der Waals surface area contributed by atoms with Crippen molar-refractivity contribution in [3.05, 3.63) is 11.6 Å². The molecular weight excluding hydrogens is 158 g/mol. The predicted octanol–water partition coefficient (Wildman–Crippen LogP) is 2.54. The molecule has 74 valence electrons. The van der Waals surface area contributed by atoms with Crippen molar-refractivity contribution in [2.24, 2.45) is 17.3 Å². The second-order valence-electron chi connectivity index (χ2n) is 5.58. The van der Waals surface area contributed by atoms with E-state index in [2.05, 4.69) is 45.8 Å². The van der Waals surface area contributed by atoms with Crippen LogP contribution in [0.5, 0.6) is 0 Å². The average Bonchev–Trinajstić information content (AvgIpc) is 2.02. The highest BCUT2D eigenvalue weighted by molar-refractivity contribution is 5.26. The lowest BCUT2D eigenvalue weighted by atomic mass is 9.47. The lowest BCUT2D eigenvalue weighted by Crippen LogP contribution is -2.57. The Morgan fingerprint density at radius 3 is 2.38 bits per heavy atom. The van der Waals surface area contributed by atoms with Crippen LogP contribution in [-0.2, 0) is 0 Å². The van der Waals surface area contributed by atoms with Crippen molar-refractivity contribution >= 4 is 0 Å². The van der Waals surface area contributed by atoms with Gasteiger partial charge in [0.05, 0.1) is 0 Å². The van der Waals surface area contributed by atoms with Crippen molar-refractivity contribution in [3.63, 3.8) is 0 Å². The molecule has 0 radical (unpaired) electrons. The van der Waals surface area contributed by atoms with Crippen LogP contribution < -0.4 is 0 Å². The maximum atomic E-state index is 2.48. The van der Waals surface area contributed by atoms with Gasteiger partial charge in [0.25, 0.3) is 0 Å². The Kier molecular flexibility index (Phi) is 1.85. The molecule has 0 aromatic carbocycles. The first kappa shape index (κ1) is 9.26. The fraction of sp³-hybridized carbons (Fsp3) is 0.833. The summed E-state index contributed by atoms with van der Waals surface area (Å²) in [5, 5.41) is 0. The van der Waals surface area contributed by atoms with E-state index in [0.717, 1.165) is 11.8 Å². The summed E-state index contributed by atoms with van der Waals surface area (Å²) in [4.78, 5) is 2.37. The van der Waals surface area contributed by atoms with E-state index in [1.54, 1.807) is 5.57 Å². The summed E-state index contributed by atoms with van der Waals surface area (Å²) in [5.74, 6) is 1.75. The van der Waals surface area contributed by atoms with Gasteiger partial charge in [0.2, 0.25) is 0 Å². The molecule has 2 bridgehead atoms. The quantitative estimate of drug-likeness (QED) is 0.559. The average molecular weight is 179 g/mol. The van der Waals surface area contributed by atoms with Gasteiger partial charge in [-0.05, 0) is 44.7 Å². The van der Waals surface area contributed by atoms with Gasteiger partial charge >= 0.3 is 0 Å². The van der Waals surface area contributed by atoms with Crippen molar-refractivity contribution in [1.82, 2.24) is 4.90 Å². The van der Waals surface area contributed by atoms with E-state index in [4.69, 9.17) is 0 Å². The van der Waals surface area contributed by atoms with E-state index in [-0.39, 0.29) is 0 Å². The van der Waals surface area contributed by atoms with E-state index in [1.165, 1.54) is 6.42 Å². The third kappa shape index (κ3) is 1.10. The van der Waals surface area contributed by atoms with Crippen LogP contribution in [0, 0.1) is 17.3 Å². The van der Waals surface area contributed by atoms with Gasteiger partial charge in [-0.15, -0.1) is 0 Å². The number of allylic oxidation sites excluding steroid dienone is 1. The number of rotatable bonds is 1. The molecule has 0 N–H and O–H groups in total. The second-order valence-corrected chi connectivity index (χ2v) is 5.58. The highest BCUT2D eigenvalue weighted by Gasteiger charge is 2.54. The third-order valence-corrected chi connectivity index (χ3v) is 4.34. The molecule has 0 spiro atoms.